The number of rotatable bonds is 7. The van der Waals surface area contributed by atoms with E-state index in [1.54, 1.807) is 13.1 Å². The molecule has 6 heteroatoms. The van der Waals surface area contributed by atoms with Crippen LogP contribution in [0, 0.1) is 0 Å². The highest BCUT2D eigenvalue weighted by atomic mass is 19.3. The van der Waals surface area contributed by atoms with Gasteiger partial charge < -0.3 is 20.3 Å². The fourth-order valence-electron chi connectivity index (χ4n) is 1.59. The van der Waals surface area contributed by atoms with Gasteiger partial charge in [0.2, 0.25) is 0 Å². The molecule has 0 spiro atoms. The Morgan fingerprint density at radius 1 is 1.28 bits per heavy atom. The van der Waals surface area contributed by atoms with Crippen molar-refractivity contribution in [3.63, 3.8) is 0 Å². The molecule has 0 saturated carbocycles. The molecule has 1 aromatic rings. The number of hydrogen-bond donors (Lipinski definition) is 3. The molecule has 0 heterocycles. The summed E-state index contributed by atoms with van der Waals surface area (Å²) in [4.78, 5) is 0. The summed E-state index contributed by atoms with van der Waals surface area (Å²) < 4.78 is 28.7. The number of para-hydroxylation sites is 1. The van der Waals surface area contributed by atoms with Crippen molar-refractivity contribution < 1.29 is 23.7 Å². The van der Waals surface area contributed by atoms with Crippen LogP contribution in [0.5, 0.6) is 5.75 Å². The van der Waals surface area contributed by atoms with Crippen molar-refractivity contribution in [3.8, 4) is 5.75 Å². The Morgan fingerprint density at radius 2 is 1.94 bits per heavy atom. The first kappa shape index (κ1) is 14.8. The molecule has 1 rings (SSSR count). The van der Waals surface area contributed by atoms with E-state index in [0.29, 0.717) is 13.0 Å². The molecule has 2 unspecified atom stereocenters. The number of nitrogens with one attached hydrogen (secondary N) is 1. The van der Waals surface area contributed by atoms with Gasteiger partial charge in [0.25, 0.3) is 0 Å². The summed E-state index contributed by atoms with van der Waals surface area (Å²) in [6, 6.07) is 5.88. The van der Waals surface area contributed by atoms with E-state index in [1.807, 2.05) is 0 Å². The predicted octanol–water partition coefficient (Wildman–Crippen LogP) is 1.29. The third-order valence-corrected chi connectivity index (χ3v) is 2.51. The summed E-state index contributed by atoms with van der Waals surface area (Å²) in [7, 11) is 1.72. The molecule has 1 aromatic carbocycles. The molecular formula is C12H17F2NO3. The molecule has 0 radical (unpaired) electrons. The van der Waals surface area contributed by atoms with Gasteiger partial charge in [-0.25, -0.2) is 0 Å². The van der Waals surface area contributed by atoms with E-state index < -0.39 is 18.8 Å². The topological polar surface area (TPSA) is 61.7 Å². The van der Waals surface area contributed by atoms with Crippen LogP contribution in [0.1, 0.15) is 18.1 Å². The molecule has 0 aliphatic heterocycles. The minimum absolute atomic E-state index is 0.122. The second kappa shape index (κ2) is 7.25. The van der Waals surface area contributed by atoms with Gasteiger partial charge in [-0.1, -0.05) is 18.2 Å². The molecule has 0 amide bonds. The summed E-state index contributed by atoms with van der Waals surface area (Å²) in [6.45, 7) is -2.45. The van der Waals surface area contributed by atoms with Crippen LogP contribution < -0.4 is 10.1 Å². The lowest BCUT2D eigenvalue weighted by atomic mass is 10.0. The Bertz CT molecular complexity index is 363. The van der Waals surface area contributed by atoms with Crippen molar-refractivity contribution in [1.82, 2.24) is 5.32 Å². The zero-order valence-corrected chi connectivity index (χ0v) is 10.0. The number of ether oxygens (including phenoxy) is 1. The predicted molar refractivity (Wildman–Crippen MR) is 62.6 cm³/mol. The Labute approximate surface area is 104 Å². The standard InChI is InChI=1S/C12H17F2NO3/c1-15-7-6-9(16)11(17)8-4-2-3-5-10(8)18-12(13)14/h2-5,9,11-12,15-17H,6-7H2,1H3. The molecule has 4 nitrogen and oxygen atoms in total. The lowest BCUT2D eigenvalue weighted by Gasteiger charge is -2.20. The van der Waals surface area contributed by atoms with Gasteiger partial charge in [-0.05, 0) is 26.1 Å². The van der Waals surface area contributed by atoms with Gasteiger partial charge in [-0.15, -0.1) is 0 Å². The van der Waals surface area contributed by atoms with Crippen LogP contribution in [0.4, 0.5) is 8.78 Å². The van der Waals surface area contributed by atoms with E-state index >= 15 is 0 Å². The summed E-state index contributed by atoms with van der Waals surface area (Å²) in [5.41, 5.74) is 0.154. The van der Waals surface area contributed by atoms with Crippen molar-refractivity contribution >= 4 is 0 Å². The highest BCUT2D eigenvalue weighted by Crippen LogP contribution is 2.29. The molecule has 0 bridgehead atoms. The first-order chi connectivity index (χ1) is 8.56. The number of benzene rings is 1. The smallest absolute Gasteiger partial charge is 0.387 e. The average Bonchev–Trinajstić information content (AvgIpc) is 2.35. The normalized spacial score (nSPS) is 14.6. The van der Waals surface area contributed by atoms with Crippen molar-refractivity contribution in [1.29, 1.82) is 0 Å². The van der Waals surface area contributed by atoms with E-state index in [1.165, 1.54) is 18.2 Å². The van der Waals surface area contributed by atoms with Gasteiger partial charge in [0.15, 0.2) is 0 Å². The molecule has 102 valence electrons. The lowest BCUT2D eigenvalue weighted by Crippen LogP contribution is -2.24. The van der Waals surface area contributed by atoms with Crippen molar-refractivity contribution in [2.45, 2.75) is 25.2 Å². The van der Waals surface area contributed by atoms with E-state index in [9.17, 15) is 19.0 Å². The molecule has 0 saturated heterocycles. The van der Waals surface area contributed by atoms with Gasteiger partial charge in [0, 0.05) is 5.56 Å². The van der Waals surface area contributed by atoms with Crippen LogP contribution in [0.3, 0.4) is 0 Å². The number of halogens is 2. The SMILES string of the molecule is CNCCC(O)C(O)c1ccccc1OC(F)F. The van der Waals surface area contributed by atoms with Crippen LogP contribution in [-0.2, 0) is 0 Å². The molecular weight excluding hydrogens is 244 g/mol. The van der Waals surface area contributed by atoms with E-state index in [2.05, 4.69) is 10.1 Å². The third kappa shape index (κ3) is 4.21. The number of aliphatic hydroxyl groups excluding tert-OH is 2. The van der Waals surface area contributed by atoms with Crippen molar-refractivity contribution in [2.24, 2.45) is 0 Å². The van der Waals surface area contributed by atoms with E-state index in [-0.39, 0.29) is 11.3 Å². The van der Waals surface area contributed by atoms with Gasteiger partial charge in [-0.3, -0.25) is 0 Å². The van der Waals surface area contributed by atoms with Gasteiger partial charge in [0.05, 0.1) is 6.10 Å². The highest BCUT2D eigenvalue weighted by Gasteiger charge is 2.22. The van der Waals surface area contributed by atoms with Gasteiger partial charge in [0.1, 0.15) is 11.9 Å². The summed E-state index contributed by atoms with van der Waals surface area (Å²) in [6.07, 6.45) is -1.99. The first-order valence-corrected chi connectivity index (χ1v) is 5.60. The Hall–Kier alpha value is -1.24. The minimum atomic E-state index is -2.96. The first-order valence-electron chi connectivity index (χ1n) is 5.60. The zero-order chi connectivity index (χ0) is 13.5. The summed E-state index contributed by atoms with van der Waals surface area (Å²) >= 11 is 0. The molecule has 0 aromatic heterocycles. The van der Waals surface area contributed by atoms with Crippen LogP contribution in [0.15, 0.2) is 24.3 Å². The maximum absolute atomic E-state index is 12.2. The van der Waals surface area contributed by atoms with Gasteiger partial charge >= 0.3 is 6.61 Å². The third-order valence-electron chi connectivity index (χ3n) is 2.51. The van der Waals surface area contributed by atoms with Crippen LogP contribution in [-0.4, -0.2) is 36.5 Å². The van der Waals surface area contributed by atoms with Crippen molar-refractivity contribution in [2.75, 3.05) is 13.6 Å². The lowest BCUT2D eigenvalue weighted by molar-refractivity contribution is -0.0540. The maximum Gasteiger partial charge on any atom is 0.387 e. The summed E-state index contributed by atoms with van der Waals surface area (Å²) in [5, 5.41) is 22.5. The van der Waals surface area contributed by atoms with Crippen LogP contribution in [0.2, 0.25) is 0 Å². The molecule has 18 heavy (non-hydrogen) atoms. The Morgan fingerprint density at radius 3 is 2.56 bits per heavy atom. The summed E-state index contributed by atoms with van der Waals surface area (Å²) in [5.74, 6) is -0.122. The zero-order valence-electron chi connectivity index (χ0n) is 10.0. The second-order valence-corrected chi connectivity index (χ2v) is 3.82. The monoisotopic (exact) mass is 261 g/mol. The van der Waals surface area contributed by atoms with Gasteiger partial charge in [-0.2, -0.15) is 8.78 Å². The minimum Gasteiger partial charge on any atom is -0.434 e. The van der Waals surface area contributed by atoms with E-state index in [4.69, 9.17) is 0 Å². The molecule has 0 fully saturated rings. The Kier molecular flexibility index (Phi) is 5.97. The molecule has 0 aliphatic carbocycles. The quantitative estimate of drug-likeness (QED) is 0.692. The largest absolute Gasteiger partial charge is 0.434 e. The Balaban J connectivity index is 2.80. The fraction of sp³-hybridized carbons (Fsp3) is 0.500. The second-order valence-electron chi connectivity index (χ2n) is 3.82. The fourth-order valence-corrected chi connectivity index (χ4v) is 1.59. The number of hydrogen-bond acceptors (Lipinski definition) is 4. The van der Waals surface area contributed by atoms with Crippen LogP contribution >= 0.6 is 0 Å². The molecule has 2 atom stereocenters. The number of aliphatic hydroxyl groups is 2. The van der Waals surface area contributed by atoms with E-state index in [0.717, 1.165) is 0 Å². The average molecular weight is 261 g/mol. The molecule has 3 N–H and O–H groups in total. The highest BCUT2D eigenvalue weighted by molar-refractivity contribution is 5.35. The molecule has 0 aliphatic rings. The number of alkyl halides is 2. The van der Waals surface area contributed by atoms with Crippen molar-refractivity contribution in [3.05, 3.63) is 29.8 Å². The van der Waals surface area contributed by atoms with Crippen LogP contribution in [0.25, 0.3) is 0 Å². The maximum atomic E-state index is 12.2.